The van der Waals surface area contributed by atoms with Crippen molar-refractivity contribution in [2.75, 3.05) is 0 Å². The lowest BCUT2D eigenvalue weighted by Gasteiger charge is -2.00. The Kier molecular flexibility index (Phi) is 3.82. The summed E-state index contributed by atoms with van der Waals surface area (Å²) in [5.74, 6) is 0. The summed E-state index contributed by atoms with van der Waals surface area (Å²) in [7, 11) is 0. The maximum absolute atomic E-state index is 4.38. The van der Waals surface area contributed by atoms with Crippen molar-refractivity contribution in [2.45, 2.75) is 27.7 Å². The predicted molar refractivity (Wildman–Crippen MR) is 67.0 cm³/mol. The van der Waals surface area contributed by atoms with Crippen molar-refractivity contribution in [3.05, 3.63) is 60.0 Å². The van der Waals surface area contributed by atoms with E-state index in [1.165, 1.54) is 20.3 Å². The minimum atomic E-state index is -0.103. The van der Waals surface area contributed by atoms with Gasteiger partial charge in [0, 0.05) is 16.8 Å². The summed E-state index contributed by atoms with van der Waals surface area (Å²) in [5, 5.41) is 0. The van der Waals surface area contributed by atoms with Crippen LogP contribution in [0.3, 0.4) is 0 Å². The third-order valence-electron chi connectivity index (χ3n) is 2.66. The Bertz CT molecular complexity index is 506. The van der Waals surface area contributed by atoms with Crippen LogP contribution in [0, 0.1) is 34.8 Å². The van der Waals surface area contributed by atoms with E-state index in [-0.39, 0.29) is 21.2 Å². The molecule has 0 aliphatic heterocycles. The van der Waals surface area contributed by atoms with Crippen molar-refractivity contribution in [3.8, 4) is 0 Å². The molecule has 0 radical (unpaired) electrons. The van der Waals surface area contributed by atoms with Crippen molar-refractivity contribution < 1.29 is 21.2 Å². The Morgan fingerprint density at radius 2 is 1.59 bits per heavy atom. The van der Waals surface area contributed by atoms with Crippen LogP contribution in [0.2, 0.25) is 0 Å². The number of nitrogens with zero attached hydrogens (tertiary/aromatic N) is 1. The zero-order chi connectivity index (χ0) is 12.4. The Morgan fingerprint density at radius 3 is 2.12 bits per heavy atom. The molecule has 0 amide bonds. The summed E-state index contributed by atoms with van der Waals surface area (Å²) >= 11 is -0.103. The van der Waals surface area contributed by atoms with Gasteiger partial charge in [0.25, 0.3) is 0 Å². The fourth-order valence-corrected chi connectivity index (χ4v) is 4.35. The molecule has 0 bridgehead atoms. The molecule has 0 fully saturated rings. The average Bonchev–Trinajstić information content (AvgIpc) is 2.26. The molecule has 0 saturated carbocycles. The fourth-order valence-electron chi connectivity index (χ4n) is 1.93. The number of pyridine rings is 1. The molecule has 0 saturated heterocycles. The zero-order valence-electron chi connectivity index (χ0n) is 10.7. The normalized spacial score (nSPS) is 10.6. The molecule has 2 heteroatoms. The number of hydrogen-bond acceptors (Lipinski definition) is 1. The molecule has 0 aliphatic carbocycles. The van der Waals surface area contributed by atoms with Gasteiger partial charge < -0.3 is 0 Å². The van der Waals surface area contributed by atoms with Crippen LogP contribution in [-0.4, -0.2) is 4.98 Å². The summed E-state index contributed by atoms with van der Waals surface area (Å²) in [6, 6.07) is 8.88. The van der Waals surface area contributed by atoms with Gasteiger partial charge in [-0.15, -0.1) is 0 Å². The van der Waals surface area contributed by atoms with E-state index in [0.29, 0.717) is 0 Å². The van der Waals surface area contributed by atoms with Gasteiger partial charge in [0.2, 0.25) is 3.57 Å². The van der Waals surface area contributed by atoms with Crippen LogP contribution in [0.5, 0.6) is 0 Å². The highest BCUT2D eigenvalue weighted by Crippen LogP contribution is 2.07. The molecule has 0 N–H and O–H groups in total. The van der Waals surface area contributed by atoms with Crippen LogP contribution in [0.25, 0.3) is 0 Å². The maximum Gasteiger partial charge on any atom is 0.360 e. The topological polar surface area (TPSA) is 12.9 Å². The van der Waals surface area contributed by atoms with Crippen molar-refractivity contribution in [2.24, 2.45) is 0 Å². The van der Waals surface area contributed by atoms with Gasteiger partial charge in [-0.3, -0.25) is 4.98 Å². The number of aryl methyl sites for hydroxylation is 4. The summed E-state index contributed by atoms with van der Waals surface area (Å²) in [4.78, 5) is 4.38. The van der Waals surface area contributed by atoms with Crippen LogP contribution < -0.4 is 21.2 Å². The van der Waals surface area contributed by atoms with E-state index >= 15 is 0 Å². The van der Waals surface area contributed by atoms with Crippen LogP contribution in [0.1, 0.15) is 22.4 Å². The van der Waals surface area contributed by atoms with Crippen LogP contribution >= 0.6 is 0 Å². The van der Waals surface area contributed by atoms with E-state index in [9.17, 15) is 0 Å². The first-order chi connectivity index (χ1) is 8.06. The zero-order valence-corrected chi connectivity index (χ0v) is 12.9. The Labute approximate surface area is 114 Å². The molecule has 1 heterocycles. The molecule has 88 valence electrons. The van der Waals surface area contributed by atoms with E-state index in [0.717, 1.165) is 5.69 Å². The first kappa shape index (κ1) is 12.6. The van der Waals surface area contributed by atoms with Crippen molar-refractivity contribution in [1.29, 1.82) is 0 Å². The van der Waals surface area contributed by atoms with Gasteiger partial charge in [-0.05, 0) is 39.8 Å². The lowest BCUT2D eigenvalue weighted by atomic mass is 10.1. The van der Waals surface area contributed by atoms with Crippen molar-refractivity contribution >= 4 is 0 Å². The first-order valence-corrected chi connectivity index (χ1v) is 7.87. The number of hydrogen-bond donors (Lipinski definition) is 0. The van der Waals surface area contributed by atoms with Crippen molar-refractivity contribution in [1.82, 2.24) is 4.98 Å². The molecule has 1 aromatic heterocycles. The van der Waals surface area contributed by atoms with Crippen LogP contribution in [0.4, 0.5) is 0 Å². The molecule has 1 aromatic carbocycles. The average molecular weight is 338 g/mol. The summed E-state index contributed by atoms with van der Waals surface area (Å²) in [6.45, 7) is 8.63. The minimum absolute atomic E-state index is 0.103. The molecular weight excluding hydrogens is 321 g/mol. The standard InChI is InChI=1S/C15H17IN/c1-10-7-11(2)15(12(3)8-10)16-14-6-5-13(4)17-9-14/h5-9H,1-4H3/q+1. The highest BCUT2D eigenvalue weighted by Gasteiger charge is 2.21. The van der Waals surface area contributed by atoms with Crippen LogP contribution in [0.15, 0.2) is 30.5 Å². The number of rotatable bonds is 2. The molecule has 17 heavy (non-hydrogen) atoms. The third kappa shape index (κ3) is 3.06. The highest BCUT2D eigenvalue weighted by molar-refractivity contribution is 5.27. The smallest absolute Gasteiger partial charge is 0.257 e. The second-order valence-corrected chi connectivity index (χ2v) is 7.29. The molecule has 2 aromatic rings. The summed E-state index contributed by atoms with van der Waals surface area (Å²) < 4.78 is 2.93. The molecule has 1 nitrogen and oxygen atoms in total. The predicted octanol–water partition coefficient (Wildman–Crippen LogP) is 0.444. The number of benzene rings is 1. The lowest BCUT2D eigenvalue weighted by Crippen LogP contribution is -3.62. The summed E-state index contributed by atoms with van der Waals surface area (Å²) in [6.07, 6.45) is 2.03. The van der Waals surface area contributed by atoms with E-state index < -0.39 is 0 Å². The molecule has 0 atom stereocenters. The van der Waals surface area contributed by atoms with Gasteiger partial charge >= 0.3 is 21.2 Å². The monoisotopic (exact) mass is 338 g/mol. The van der Waals surface area contributed by atoms with Gasteiger partial charge in [0.15, 0.2) is 3.57 Å². The Morgan fingerprint density at radius 1 is 0.941 bits per heavy atom. The fraction of sp³-hybridized carbons (Fsp3) is 0.267. The Balaban J connectivity index is 2.33. The second kappa shape index (κ2) is 5.17. The highest BCUT2D eigenvalue weighted by atomic mass is 127. The Hall–Kier alpha value is -0.900. The van der Waals surface area contributed by atoms with Crippen molar-refractivity contribution in [3.63, 3.8) is 0 Å². The van der Waals surface area contributed by atoms with E-state index in [1.807, 2.05) is 13.1 Å². The second-order valence-electron chi connectivity index (χ2n) is 4.42. The summed E-state index contributed by atoms with van der Waals surface area (Å²) in [5.41, 5.74) is 5.30. The van der Waals surface area contributed by atoms with E-state index in [2.05, 4.69) is 50.0 Å². The molecule has 0 spiro atoms. The van der Waals surface area contributed by atoms with Gasteiger partial charge in [-0.2, -0.15) is 0 Å². The lowest BCUT2D eigenvalue weighted by molar-refractivity contribution is -0.599. The van der Waals surface area contributed by atoms with Crippen LogP contribution in [-0.2, 0) is 0 Å². The molecule has 2 rings (SSSR count). The molecule has 0 unspecified atom stereocenters. The quantitative estimate of drug-likeness (QED) is 0.725. The van der Waals surface area contributed by atoms with Gasteiger partial charge in [0.1, 0.15) is 0 Å². The van der Waals surface area contributed by atoms with Gasteiger partial charge in [-0.1, -0.05) is 17.7 Å². The van der Waals surface area contributed by atoms with E-state index in [4.69, 9.17) is 0 Å². The minimum Gasteiger partial charge on any atom is -0.257 e. The van der Waals surface area contributed by atoms with E-state index in [1.54, 1.807) is 3.57 Å². The third-order valence-corrected chi connectivity index (χ3v) is 6.16. The largest absolute Gasteiger partial charge is 0.360 e. The first-order valence-electron chi connectivity index (χ1n) is 5.71. The number of halogens is 1. The molecular formula is C15H17IN+. The van der Waals surface area contributed by atoms with Gasteiger partial charge in [0.05, 0.1) is 6.20 Å². The maximum atomic E-state index is 4.38. The SMILES string of the molecule is Cc1cc(C)c([I+]c2ccc(C)nc2)c(C)c1. The molecule has 0 aliphatic rings. The van der Waals surface area contributed by atoms with Gasteiger partial charge in [-0.25, -0.2) is 0 Å². The number of aromatic nitrogens is 1.